The molecule has 114 valence electrons. The SMILES string of the molecule is CS(=O)(=O)c1c(N)nsc1NCCN1CCCCCC1. The number of hydrogen-bond donors (Lipinski definition) is 2. The third-order valence-electron chi connectivity index (χ3n) is 3.46. The molecule has 0 atom stereocenters. The maximum atomic E-state index is 11.7. The van der Waals surface area contributed by atoms with Gasteiger partial charge in [-0.3, -0.25) is 0 Å². The van der Waals surface area contributed by atoms with Gasteiger partial charge in [-0.1, -0.05) is 12.8 Å². The molecule has 0 aromatic carbocycles. The molecule has 0 aliphatic carbocycles. The first-order valence-electron chi connectivity index (χ1n) is 6.90. The Labute approximate surface area is 124 Å². The smallest absolute Gasteiger partial charge is 0.182 e. The predicted octanol–water partition coefficient (Wildman–Crippen LogP) is 1.42. The van der Waals surface area contributed by atoms with E-state index in [9.17, 15) is 8.42 Å². The molecule has 0 bridgehead atoms. The van der Waals surface area contributed by atoms with Gasteiger partial charge in [0.15, 0.2) is 15.7 Å². The third-order valence-corrected chi connectivity index (χ3v) is 5.56. The van der Waals surface area contributed by atoms with Crippen LogP contribution in [0.15, 0.2) is 4.90 Å². The van der Waals surface area contributed by atoms with E-state index in [0.29, 0.717) is 11.5 Å². The van der Waals surface area contributed by atoms with Crippen molar-refractivity contribution in [1.29, 1.82) is 0 Å². The zero-order chi connectivity index (χ0) is 14.6. The van der Waals surface area contributed by atoms with Crippen molar-refractivity contribution >= 4 is 32.2 Å². The molecule has 0 saturated carbocycles. The van der Waals surface area contributed by atoms with Crippen molar-refractivity contribution < 1.29 is 8.42 Å². The molecular formula is C12H22N4O2S2. The Bertz CT molecular complexity index is 534. The Balaban J connectivity index is 1.91. The predicted molar refractivity (Wildman–Crippen MR) is 83.0 cm³/mol. The van der Waals surface area contributed by atoms with Crippen LogP contribution in [0.3, 0.4) is 0 Å². The summed E-state index contributed by atoms with van der Waals surface area (Å²) in [5.74, 6) is 0.0924. The van der Waals surface area contributed by atoms with Crippen LogP contribution in [0.4, 0.5) is 10.8 Å². The van der Waals surface area contributed by atoms with Crippen LogP contribution in [-0.2, 0) is 9.84 Å². The molecule has 6 nitrogen and oxygen atoms in total. The molecule has 0 amide bonds. The first-order valence-corrected chi connectivity index (χ1v) is 9.56. The van der Waals surface area contributed by atoms with Gasteiger partial charge < -0.3 is 16.0 Å². The van der Waals surface area contributed by atoms with Crippen LogP contribution in [0, 0.1) is 0 Å². The summed E-state index contributed by atoms with van der Waals surface area (Å²) in [5.41, 5.74) is 5.63. The molecule has 1 fully saturated rings. The summed E-state index contributed by atoms with van der Waals surface area (Å²) in [6.07, 6.45) is 6.29. The Morgan fingerprint density at radius 2 is 1.95 bits per heavy atom. The molecule has 1 saturated heterocycles. The number of rotatable bonds is 5. The lowest BCUT2D eigenvalue weighted by molar-refractivity contribution is 0.296. The first kappa shape index (κ1) is 15.5. The van der Waals surface area contributed by atoms with Gasteiger partial charge in [0.25, 0.3) is 0 Å². The van der Waals surface area contributed by atoms with Crippen molar-refractivity contribution in [3.8, 4) is 0 Å². The molecule has 1 aromatic rings. The highest BCUT2D eigenvalue weighted by atomic mass is 32.2. The first-order chi connectivity index (χ1) is 9.48. The summed E-state index contributed by atoms with van der Waals surface area (Å²) in [5, 5.41) is 3.72. The van der Waals surface area contributed by atoms with Crippen LogP contribution in [-0.4, -0.2) is 50.1 Å². The summed E-state index contributed by atoms with van der Waals surface area (Å²) in [6, 6.07) is 0. The van der Waals surface area contributed by atoms with Gasteiger partial charge in [-0.15, -0.1) is 0 Å². The van der Waals surface area contributed by atoms with Crippen LogP contribution in [0.5, 0.6) is 0 Å². The van der Waals surface area contributed by atoms with Gasteiger partial charge >= 0.3 is 0 Å². The fourth-order valence-corrected chi connectivity index (χ4v) is 4.55. The van der Waals surface area contributed by atoms with E-state index in [-0.39, 0.29) is 10.7 Å². The van der Waals surface area contributed by atoms with E-state index in [2.05, 4.69) is 14.6 Å². The van der Waals surface area contributed by atoms with Crippen LogP contribution in [0.1, 0.15) is 25.7 Å². The molecule has 0 spiro atoms. The molecule has 0 unspecified atom stereocenters. The molecule has 2 rings (SSSR count). The standard InChI is InChI=1S/C12H22N4O2S2/c1-20(17,18)10-11(13)15-19-12(10)14-6-9-16-7-4-2-3-5-8-16/h14H,2-9H2,1H3,(H2,13,15). The van der Waals surface area contributed by atoms with Gasteiger partial charge in [0.2, 0.25) is 0 Å². The zero-order valence-corrected chi connectivity index (χ0v) is 13.4. The number of aromatic nitrogens is 1. The molecule has 1 aromatic heterocycles. The van der Waals surface area contributed by atoms with E-state index >= 15 is 0 Å². The molecule has 1 aliphatic rings. The van der Waals surface area contributed by atoms with Crippen molar-refractivity contribution in [3.63, 3.8) is 0 Å². The molecule has 0 radical (unpaired) electrons. The second kappa shape index (κ2) is 6.73. The minimum atomic E-state index is -3.34. The lowest BCUT2D eigenvalue weighted by Crippen LogP contribution is -2.30. The second-order valence-electron chi connectivity index (χ2n) is 5.18. The third kappa shape index (κ3) is 4.07. The van der Waals surface area contributed by atoms with Gasteiger partial charge in [0.1, 0.15) is 9.90 Å². The van der Waals surface area contributed by atoms with E-state index in [4.69, 9.17) is 5.73 Å². The van der Waals surface area contributed by atoms with E-state index in [1.54, 1.807) is 0 Å². The monoisotopic (exact) mass is 318 g/mol. The summed E-state index contributed by atoms with van der Waals surface area (Å²) >= 11 is 1.11. The van der Waals surface area contributed by atoms with E-state index in [1.807, 2.05) is 0 Å². The van der Waals surface area contributed by atoms with Gasteiger partial charge in [-0.05, 0) is 37.5 Å². The van der Waals surface area contributed by atoms with Gasteiger partial charge in [0.05, 0.1) is 0 Å². The van der Waals surface area contributed by atoms with E-state index in [1.165, 1.54) is 25.7 Å². The maximum Gasteiger partial charge on any atom is 0.182 e. The highest BCUT2D eigenvalue weighted by Gasteiger charge is 2.21. The number of hydrogen-bond acceptors (Lipinski definition) is 7. The number of anilines is 2. The quantitative estimate of drug-likeness (QED) is 0.853. The number of nitrogen functional groups attached to an aromatic ring is 1. The van der Waals surface area contributed by atoms with Crippen LogP contribution < -0.4 is 11.1 Å². The summed E-state index contributed by atoms with van der Waals surface area (Å²) < 4.78 is 27.3. The molecule has 20 heavy (non-hydrogen) atoms. The number of likely N-dealkylation sites (tertiary alicyclic amines) is 1. The number of nitrogens with one attached hydrogen (secondary N) is 1. The fraction of sp³-hybridized carbons (Fsp3) is 0.750. The number of sulfone groups is 1. The van der Waals surface area contributed by atoms with Crippen molar-refractivity contribution in [2.24, 2.45) is 0 Å². The topological polar surface area (TPSA) is 88.3 Å². The van der Waals surface area contributed by atoms with Crippen molar-refractivity contribution in [3.05, 3.63) is 0 Å². The Morgan fingerprint density at radius 3 is 2.55 bits per heavy atom. The van der Waals surface area contributed by atoms with Crippen LogP contribution >= 0.6 is 11.5 Å². The lowest BCUT2D eigenvalue weighted by Gasteiger charge is -2.19. The van der Waals surface area contributed by atoms with E-state index in [0.717, 1.165) is 37.4 Å². The largest absolute Gasteiger partial charge is 0.382 e. The van der Waals surface area contributed by atoms with Crippen LogP contribution in [0.25, 0.3) is 0 Å². The Morgan fingerprint density at radius 1 is 1.30 bits per heavy atom. The summed E-state index contributed by atoms with van der Waals surface area (Å²) in [7, 11) is -3.34. The highest BCUT2D eigenvalue weighted by molar-refractivity contribution is 7.91. The average molecular weight is 318 g/mol. The molecule has 2 heterocycles. The fourth-order valence-electron chi connectivity index (χ4n) is 2.45. The lowest BCUT2D eigenvalue weighted by atomic mass is 10.2. The minimum Gasteiger partial charge on any atom is -0.382 e. The van der Waals surface area contributed by atoms with Crippen molar-refractivity contribution in [2.45, 2.75) is 30.6 Å². The highest BCUT2D eigenvalue weighted by Crippen LogP contribution is 2.31. The molecular weight excluding hydrogens is 296 g/mol. The summed E-state index contributed by atoms with van der Waals surface area (Å²) in [6.45, 7) is 3.89. The van der Waals surface area contributed by atoms with E-state index < -0.39 is 9.84 Å². The Kier molecular flexibility index (Phi) is 5.22. The average Bonchev–Trinajstić information content (AvgIpc) is 2.59. The maximum absolute atomic E-state index is 11.7. The molecule has 3 N–H and O–H groups in total. The number of nitrogens with zero attached hydrogens (tertiary/aromatic N) is 2. The zero-order valence-electron chi connectivity index (χ0n) is 11.8. The Hall–Kier alpha value is -0.860. The van der Waals surface area contributed by atoms with Crippen molar-refractivity contribution in [2.75, 3.05) is 43.5 Å². The van der Waals surface area contributed by atoms with Gasteiger partial charge in [-0.25, -0.2) is 8.42 Å². The normalized spacial score (nSPS) is 17.9. The van der Waals surface area contributed by atoms with Gasteiger partial charge in [-0.2, -0.15) is 4.37 Å². The van der Waals surface area contributed by atoms with Gasteiger partial charge in [0, 0.05) is 19.3 Å². The second-order valence-corrected chi connectivity index (χ2v) is 7.91. The number of nitrogens with two attached hydrogens (primary N) is 1. The molecule has 8 heteroatoms. The van der Waals surface area contributed by atoms with Crippen LogP contribution in [0.2, 0.25) is 0 Å². The minimum absolute atomic E-state index is 0.0924. The van der Waals surface area contributed by atoms with Crippen molar-refractivity contribution in [1.82, 2.24) is 9.27 Å². The molecule has 1 aliphatic heterocycles. The summed E-state index contributed by atoms with van der Waals surface area (Å²) in [4.78, 5) is 2.56.